The standard InChI is InChI=1S/C10H18N2O3/c1-7(5-10(14)15-2)11-6-9(13)12-8-3-4-8/h7-8,11H,3-6H2,1-2H3,(H,12,13). The Kier molecular flexibility index (Phi) is 4.55. The lowest BCUT2D eigenvalue weighted by atomic mass is 10.2. The van der Waals surface area contributed by atoms with Crippen molar-refractivity contribution in [2.75, 3.05) is 13.7 Å². The van der Waals surface area contributed by atoms with Gasteiger partial charge in [-0.25, -0.2) is 0 Å². The van der Waals surface area contributed by atoms with E-state index in [9.17, 15) is 9.59 Å². The maximum atomic E-state index is 11.3. The van der Waals surface area contributed by atoms with E-state index in [1.165, 1.54) is 7.11 Å². The van der Waals surface area contributed by atoms with Crippen LogP contribution in [0.3, 0.4) is 0 Å². The summed E-state index contributed by atoms with van der Waals surface area (Å²) in [6.07, 6.45) is 2.46. The molecule has 0 aliphatic heterocycles. The van der Waals surface area contributed by atoms with Gasteiger partial charge in [0.05, 0.1) is 20.1 Å². The minimum Gasteiger partial charge on any atom is -0.469 e. The van der Waals surface area contributed by atoms with Crippen LogP contribution in [0.2, 0.25) is 0 Å². The van der Waals surface area contributed by atoms with Gasteiger partial charge in [-0.2, -0.15) is 0 Å². The Labute approximate surface area is 89.6 Å². The van der Waals surface area contributed by atoms with E-state index in [2.05, 4.69) is 15.4 Å². The average Bonchev–Trinajstić information content (AvgIpc) is 2.98. The zero-order chi connectivity index (χ0) is 11.3. The molecule has 0 bridgehead atoms. The lowest BCUT2D eigenvalue weighted by molar-refractivity contribution is -0.141. The Morgan fingerprint density at radius 2 is 2.13 bits per heavy atom. The summed E-state index contributed by atoms with van der Waals surface area (Å²) >= 11 is 0. The highest BCUT2D eigenvalue weighted by Crippen LogP contribution is 2.18. The van der Waals surface area contributed by atoms with Gasteiger partial charge in [0.1, 0.15) is 0 Å². The molecule has 1 amide bonds. The first-order valence-electron chi connectivity index (χ1n) is 5.21. The number of carbonyl (C=O) groups excluding carboxylic acids is 2. The number of methoxy groups -OCH3 is 1. The van der Waals surface area contributed by atoms with Crippen LogP contribution >= 0.6 is 0 Å². The van der Waals surface area contributed by atoms with Gasteiger partial charge in [-0.3, -0.25) is 9.59 Å². The van der Waals surface area contributed by atoms with Crippen LogP contribution in [0.5, 0.6) is 0 Å². The number of hydrogen-bond acceptors (Lipinski definition) is 4. The second-order valence-electron chi connectivity index (χ2n) is 3.90. The van der Waals surface area contributed by atoms with Gasteiger partial charge in [0.2, 0.25) is 5.91 Å². The molecular weight excluding hydrogens is 196 g/mol. The number of rotatable bonds is 6. The Bertz CT molecular complexity index is 239. The average molecular weight is 214 g/mol. The number of ether oxygens (including phenoxy) is 1. The van der Waals surface area contributed by atoms with E-state index in [1.807, 2.05) is 6.92 Å². The molecule has 1 aliphatic rings. The Morgan fingerprint density at radius 3 is 2.67 bits per heavy atom. The van der Waals surface area contributed by atoms with Crippen LogP contribution < -0.4 is 10.6 Å². The van der Waals surface area contributed by atoms with Crippen molar-refractivity contribution in [1.29, 1.82) is 0 Å². The van der Waals surface area contributed by atoms with Gasteiger partial charge in [-0.05, 0) is 19.8 Å². The molecule has 1 rings (SSSR count). The second-order valence-corrected chi connectivity index (χ2v) is 3.90. The molecule has 0 aromatic rings. The van der Waals surface area contributed by atoms with Crippen LogP contribution in [-0.2, 0) is 14.3 Å². The van der Waals surface area contributed by atoms with Gasteiger partial charge in [-0.15, -0.1) is 0 Å². The maximum absolute atomic E-state index is 11.3. The molecule has 0 saturated heterocycles. The predicted octanol–water partition coefficient (Wildman–Crippen LogP) is -0.194. The third-order valence-corrected chi connectivity index (χ3v) is 2.25. The number of carbonyl (C=O) groups is 2. The van der Waals surface area contributed by atoms with Gasteiger partial charge in [0.15, 0.2) is 0 Å². The Balaban J connectivity index is 2.06. The van der Waals surface area contributed by atoms with Crippen molar-refractivity contribution >= 4 is 11.9 Å². The first kappa shape index (κ1) is 12.0. The first-order chi connectivity index (χ1) is 7.11. The highest BCUT2D eigenvalue weighted by atomic mass is 16.5. The minimum atomic E-state index is -0.266. The Morgan fingerprint density at radius 1 is 1.47 bits per heavy atom. The highest BCUT2D eigenvalue weighted by molar-refractivity contribution is 5.78. The quantitative estimate of drug-likeness (QED) is 0.601. The predicted molar refractivity (Wildman–Crippen MR) is 55.3 cm³/mol. The fourth-order valence-corrected chi connectivity index (χ4v) is 1.18. The van der Waals surface area contributed by atoms with Crippen molar-refractivity contribution in [2.24, 2.45) is 0 Å². The molecule has 1 fully saturated rings. The van der Waals surface area contributed by atoms with E-state index >= 15 is 0 Å². The molecule has 15 heavy (non-hydrogen) atoms. The van der Waals surface area contributed by atoms with Crippen molar-refractivity contribution in [3.05, 3.63) is 0 Å². The molecule has 1 atom stereocenters. The van der Waals surface area contributed by atoms with Crippen molar-refractivity contribution < 1.29 is 14.3 Å². The van der Waals surface area contributed by atoms with Gasteiger partial charge < -0.3 is 15.4 Å². The summed E-state index contributed by atoms with van der Waals surface area (Å²) in [5, 5.41) is 5.83. The summed E-state index contributed by atoms with van der Waals surface area (Å²) in [5.41, 5.74) is 0. The monoisotopic (exact) mass is 214 g/mol. The zero-order valence-electron chi connectivity index (χ0n) is 9.21. The molecule has 0 aromatic heterocycles. The largest absolute Gasteiger partial charge is 0.469 e. The lowest BCUT2D eigenvalue weighted by Gasteiger charge is -2.12. The summed E-state index contributed by atoms with van der Waals surface area (Å²) in [6.45, 7) is 2.11. The smallest absolute Gasteiger partial charge is 0.307 e. The minimum absolute atomic E-state index is 0.00536. The number of nitrogens with one attached hydrogen (secondary N) is 2. The molecule has 2 N–H and O–H groups in total. The zero-order valence-corrected chi connectivity index (χ0v) is 9.21. The molecule has 1 saturated carbocycles. The van der Waals surface area contributed by atoms with E-state index in [0.717, 1.165) is 12.8 Å². The molecule has 0 aromatic carbocycles. The summed E-state index contributed by atoms with van der Waals surface area (Å²) < 4.78 is 4.52. The molecule has 0 radical (unpaired) electrons. The highest BCUT2D eigenvalue weighted by Gasteiger charge is 2.23. The third-order valence-electron chi connectivity index (χ3n) is 2.25. The molecular formula is C10H18N2O3. The van der Waals surface area contributed by atoms with Crippen LogP contribution in [0.1, 0.15) is 26.2 Å². The fourth-order valence-electron chi connectivity index (χ4n) is 1.18. The molecule has 1 aliphatic carbocycles. The van der Waals surface area contributed by atoms with Crippen molar-refractivity contribution in [3.8, 4) is 0 Å². The van der Waals surface area contributed by atoms with Crippen molar-refractivity contribution in [1.82, 2.24) is 10.6 Å². The summed E-state index contributed by atoms with van der Waals surface area (Å²) in [4.78, 5) is 22.2. The topological polar surface area (TPSA) is 67.4 Å². The van der Waals surface area contributed by atoms with Gasteiger partial charge >= 0.3 is 5.97 Å². The molecule has 5 nitrogen and oxygen atoms in total. The van der Waals surface area contributed by atoms with Crippen LogP contribution in [0.25, 0.3) is 0 Å². The van der Waals surface area contributed by atoms with Crippen LogP contribution in [0.4, 0.5) is 0 Å². The molecule has 5 heteroatoms. The molecule has 86 valence electrons. The normalized spacial score (nSPS) is 16.9. The second kappa shape index (κ2) is 5.70. The number of esters is 1. The van der Waals surface area contributed by atoms with E-state index in [-0.39, 0.29) is 30.9 Å². The number of amides is 1. The summed E-state index contributed by atoms with van der Waals surface area (Å²) in [5.74, 6) is -0.271. The molecule has 0 heterocycles. The van der Waals surface area contributed by atoms with E-state index in [1.54, 1.807) is 0 Å². The lowest BCUT2D eigenvalue weighted by Crippen LogP contribution is -2.39. The first-order valence-corrected chi connectivity index (χ1v) is 5.21. The van der Waals surface area contributed by atoms with E-state index < -0.39 is 0 Å². The van der Waals surface area contributed by atoms with Crippen LogP contribution in [-0.4, -0.2) is 37.6 Å². The van der Waals surface area contributed by atoms with E-state index in [4.69, 9.17) is 0 Å². The van der Waals surface area contributed by atoms with Crippen molar-refractivity contribution in [3.63, 3.8) is 0 Å². The SMILES string of the molecule is COC(=O)CC(C)NCC(=O)NC1CC1. The van der Waals surface area contributed by atoms with Gasteiger partial charge in [0.25, 0.3) is 0 Å². The van der Waals surface area contributed by atoms with Crippen molar-refractivity contribution in [2.45, 2.75) is 38.3 Å². The Hall–Kier alpha value is -1.10. The number of hydrogen-bond donors (Lipinski definition) is 2. The fraction of sp³-hybridized carbons (Fsp3) is 0.800. The third kappa shape index (κ3) is 5.37. The summed E-state index contributed by atoms with van der Waals surface area (Å²) in [6, 6.07) is 0.345. The van der Waals surface area contributed by atoms with E-state index in [0.29, 0.717) is 6.04 Å². The molecule has 0 spiro atoms. The summed E-state index contributed by atoms with van der Waals surface area (Å²) in [7, 11) is 1.36. The van der Waals surface area contributed by atoms with Gasteiger partial charge in [-0.1, -0.05) is 0 Å². The maximum Gasteiger partial charge on any atom is 0.307 e. The van der Waals surface area contributed by atoms with Crippen LogP contribution in [0.15, 0.2) is 0 Å². The van der Waals surface area contributed by atoms with Crippen LogP contribution in [0, 0.1) is 0 Å². The molecule has 1 unspecified atom stereocenters. The van der Waals surface area contributed by atoms with Gasteiger partial charge in [0, 0.05) is 12.1 Å².